The largest absolute Gasteiger partial charge is 0.497 e. The maximum Gasteiger partial charge on any atom is 0.322 e. The summed E-state index contributed by atoms with van der Waals surface area (Å²) in [6.45, 7) is -0.0938. The van der Waals surface area contributed by atoms with Crippen LogP contribution in [0.1, 0.15) is 30.1 Å². The fourth-order valence-corrected chi connectivity index (χ4v) is 5.52. The van der Waals surface area contributed by atoms with Gasteiger partial charge in [-0.05, 0) is 67.4 Å². The van der Waals surface area contributed by atoms with Gasteiger partial charge < -0.3 is 29.0 Å². The van der Waals surface area contributed by atoms with E-state index in [-0.39, 0.29) is 24.5 Å². The van der Waals surface area contributed by atoms with Gasteiger partial charge in [-0.15, -0.1) is 0 Å². The lowest BCUT2D eigenvalue weighted by Crippen LogP contribution is -2.48. The number of amides is 3. The third kappa shape index (κ3) is 4.84. The van der Waals surface area contributed by atoms with E-state index in [1.807, 2.05) is 72.9 Å². The van der Waals surface area contributed by atoms with Crippen LogP contribution < -0.4 is 24.4 Å². The number of hydrogen-bond donors (Lipinski definition) is 1. The zero-order valence-electron chi connectivity index (χ0n) is 23.2. The molecule has 2 aliphatic rings. The highest BCUT2D eigenvalue weighted by atomic mass is 16.5. The van der Waals surface area contributed by atoms with Crippen molar-refractivity contribution in [3.05, 3.63) is 96.3 Å². The van der Waals surface area contributed by atoms with Gasteiger partial charge in [0.1, 0.15) is 29.8 Å². The predicted octanol–water partition coefficient (Wildman–Crippen LogP) is 5.64. The van der Waals surface area contributed by atoms with E-state index in [9.17, 15) is 9.59 Å². The molecule has 41 heavy (non-hydrogen) atoms. The molecule has 3 amide bonds. The van der Waals surface area contributed by atoms with Crippen molar-refractivity contribution >= 4 is 23.3 Å². The molecule has 9 nitrogen and oxygen atoms in total. The number of nitrogens with zero attached hydrogens (tertiary/aromatic N) is 3. The van der Waals surface area contributed by atoms with Crippen LogP contribution in [0.25, 0.3) is 5.69 Å². The molecule has 1 saturated carbocycles. The monoisotopic (exact) mass is 552 g/mol. The average molecular weight is 553 g/mol. The number of carbonyl (C=O) groups is 2. The van der Waals surface area contributed by atoms with Crippen molar-refractivity contribution in [2.45, 2.75) is 24.9 Å². The maximum absolute atomic E-state index is 14.5. The first-order valence-electron chi connectivity index (χ1n) is 13.5. The van der Waals surface area contributed by atoms with Crippen molar-refractivity contribution < 1.29 is 23.8 Å². The second-order valence-electron chi connectivity index (χ2n) is 10.1. The highest BCUT2D eigenvalue weighted by molar-refractivity contribution is 6.02. The molecule has 1 unspecified atom stereocenters. The molecule has 2 heterocycles. The van der Waals surface area contributed by atoms with E-state index in [4.69, 9.17) is 14.2 Å². The van der Waals surface area contributed by atoms with Gasteiger partial charge in [0.25, 0.3) is 0 Å². The molecule has 1 atom stereocenters. The molecule has 3 aromatic carbocycles. The van der Waals surface area contributed by atoms with Gasteiger partial charge in [-0.3, -0.25) is 9.69 Å². The summed E-state index contributed by atoms with van der Waals surface area (Å²) < 4.78 is 18.8. The quantitative estimate of drug-likeness (QED) is 0.306. The number of benzene rings is 3. The summed E-state index contributed by atoms with van der Waals surface area (Å²) in [7, 11) is 4.79. The minimum Gasteiger partial charge on any atom is -0.497 e. The fraction of sp³-hybridized carbons (Fsp3) is 0.250. The summed E-state index contributed by atoms with van der Waals surface area (Å²) in [5.41, 5.74) is 3.87. The Balaban J connectivity index is 1.40. The van der Waals surface area contributed by atoms with Crippen molar-refractivity contribution in [1.82, 2.24) is 9.47 Å². The minimum atomic E-state index is -0.518. The molecule has 0 radical (unpaired) electrons. The predicted molar refractivity (Wildman–Crippen MR) is 156 cm³/mol. The lowest BCUT2D eigenvalue weighted by atomic mass is 9.96. The number of fused-ring (bicyclic) bond motifs is 3. The molecule has 0 saturated heterocycles. The van der Waals surface area contributed by atoms with Crippen LogP contribution in [0.15, 0.2) is 85.1 Å². The molecule has 4 aromatic rings. The van der Waals surface area contributed by atoms with Crippen LogP contribution in [0.4, 0.5) is 16.2 Å². The Labute approximate surface area is 238 Å². The Morgan fingerprint density at radius 3 is 2.32 bits per heavy atom. The van der Waals surface area contributed by atoms with Crippen molar-refractivity contribution in [2.24, 2.45) is 0 Å². The van der Waals surface area contributed by atoms with Gasteiger partial charge in [-0.25, -0.2) is 4.79 Å². The van der Waals surface area contributed by atoms with Gasteiger partial charge >= 0.3 is 6.03 Å². The summed E-state index contributed by atoms with van der Waals surface area (Å²) in [4.78, 5) is 31.4. The zero-order chi connectivity index (χ0) is 28.5. The van der Waals surface area contributed by atoms with Crippen molar-refractivity contribution in [1.29, 1.82) is 0 Å². The number of carbonyl (C=O) groups excluding carboxylic acids is 2. The topological polar surface area (TPSA) is 85.3 Å². The van der Waals surface area contributed by atoms with Crippen molar-refractivity contribution in [2.75, 3.05) is 38.1 Å². The highest BCUT2D eigenvalue weighted by Crippen LogP contribution is 2.45. The van der Waals surface area contributed by atoms with Crippen LogP contribution in [0.5, 0.6) is 17.2 Å². The molecule has 1 fully saturated rings. The van der Waals surface area contributed by atoms with Gasteiger partial charge in [0.2, 0.25) is 5.91 Å². The standard InChI is InChI=1S/C32H32N4O5/c1-39-22-16-17-28(40-2)23(19-22)31-27-12-8-18-34(27)25-10-5-6-11-26(25)36(31)30(37)20-35(21-14-15-21)32(38)33-24-9-4-7-13-29(24)41-3/h4-13,16-19,21,31H,14-15,20H2,1-3H3,(H,33,38). The zero-order valence-corrected chi connectivity index (χ0v) is 23.2. The smallest absolute Gasteiger partial charge is 0.322 e. The van der Waals surface area contributed by atoms with Crippen LogP contribution >= 0.6 is 0 Å². The molecule has 210 valence electrons. The third-order valence-electron chi connectivity index (χ3n) is 7.62. The number of para-hydroxylation sites is 4. The lowest BCUT2D eigenvalue weighted by molar-refractivity contribution is -0.119. The number of hydrogen-bond acceptors (Lipinski definition) is 5. The maximum atomic E-state index is 14.5. The van der Waals surface area contributed by atoms with E-state index in [0.717, 1.165) is 35.5 Å². The first kappa shape index (κ1) is 26.3. The molecular weight excluding hydrogens is 520 g/mol. The number of aromatic nitrogens is 1. The Morgan fingerprint density at radius 2 is 1.59 bits per heavy atom. The average Bonchev–Trinajstić information content (AvgIpc) is 3.73. The second-order valence-corrected chi connectivity index (χ2v) is 10.1. The first-order chi connectivity index (χ1) is 20.0. The van der Waals surface area contributed by atoms with Gasteiger partial charge in [-0.1, -0.05) is 24.3 Å². The fourth-order valence-electron chi connectivity index (χ4n) is 5.52. The van der Waals surface area contributed by atoms with E-state index >= 15 is 0 Å². The van der Waals surface area contributed by atoms with Crippen LogP contribution in [-0.4, -0.2) is 55.3 Å². The number of anilines is 2. The Morgan fingerprint density at radius 1 is 0.854 bits per heavy atom. The summed E-state index contributed by atoms with van der Waals surface area (Å²) in [5.74, 6) is 1.63. The number of urea groups is 1. The normalized spacial score (nSPS) is 15.4. The van der Waals surface area contributed by atoms with E-state index in [1.54, 1.807) is 43.3 Å². The molecule has 1 N–H and O–H groups in total. The molecule has 9 heteroatoms. The van der Waals surface area contributed by atoms with E-state index in [1.165, 1.54) is 0 Å². The number of nitrogens with one attached hydrogen (secondary N) is 1. The Kier molecular flexibility index (Phi) is 7.01. The summed E-state index contributed by atoms with van der Waals surface area (Å²) >= 11 is 0. The first-order valence-corrected chi connectivity index (χ1v) is 13.5. The van der Waals surface area contributed by atoms with E-state index in [2.05, 4.69) is 9.88 Å². The number of rotatable bonds is 8. The van der Waals surface area contributed by atoms with Crippen LogP contribution in [0.2, 0.25) is 0 Å². The van der Waals surface area contributed by atoms with E-state index < -0.39 is 6.04 Å². The Hall–Kier alpha value is -4.92. The summed E-state index contributed by atoms with van der Waals surface area (Å²) in [6, 6.07) is 23.7. The highest BCUT2D eigenvalue weighted by Gasteiger charge is 2.41. The second kappa shape index (κ2) is 10.9. The van der Waals surface area contributed by atoms with Crippen molar-refractivity contribution in [3.63, 3.8) is 0 Å². The number of ether oxygens (including phenoxy) is 3. The summed E-state index contributed by atoms with van der Waals surface area (Å²) in [5, 5.41) is 2.95. The summed E-state index contributed by atoms with van der Waals surface area (Å²) in [6.07, 6.45) is 3.69. The minimum absolute atomic E-state index is 0.0117. The van der Waals surface area contributed by atoms with Gasteiger partial charge in [0.15, 0.2) is 0 Å². The molecular formula is C32H32N4O5. The van der Waals surface area contributed by atoms with Crippen molar-refractivity contribution in [3.8, 4) is 22.9 Å². The van der Waals surface area contributed by atoms with Crippen LogP contribution in [0.3, 0.4) is 0 Å². The van der Waals surface area contributed by atoms with E-state index in [0.29, 0.717) is 22.9 Å². The molecule has 0 spiro atoms. The molecule has 6 rings (SSSR count). The molecule has 1 aromatic heterocycles. The van der Waals surface area contributed by atoms with Gasteiger partial charge in [0.05, 0.1) is 44.1 Å². The third-order valence-corrected chi connectivity index (χ3v) is 7.62. The van der Waals surface area contributed by atoms with Gasteiger partial charge in [-0.2, -0.15) is 0 Å². The SMILES string of the molecule is COc1ccc(OC)c(C2c3cccn3-c3ccccc3N2C(=O)CN(C(=O)Nc2ccccc2OC)C2CC2)c1. The molecule has 1 aliphatic heterocycles. The van der Waals surface area contributed by atoms with Crippen LogP contribution in [0, 0.1) is 0 Å². The van der Waals surface area contributed by atoms with Gasteiger partial charge in [0, 0.05) is 17.8 Å². The Bertz CT molecular complexity index is 1590. The molecule has 1 aliphatic carbocycles. The number of methoxy groups -OCH3 is 3. The van der Waals surface area contributed by atoms with Crippen LogP contribution in [-0.2, 0) is 4.79 Å². The lowest BCUT2D eigenvalue weighted by Gasteiger charge is -2.40. The molecule has 0 bridgehead atoms.